The van der Waals surface area contributed by atoms with Gasteiger partial charge in [-0.15, -0.1) is 6.58 Å². The van der Waals surface area contributed by atoms with Gasteiger partial charge >= 0.3 is 0 Å². The van der Waals surface area contributed by atoms with Gasteiger partial charge < -0.3 is 0 Å². The molecule has 0 aromatic carbocycles. The summed E-state index contributed by atoms with van der Waals surface area (Å²) in [6, 6.07) is 0. The van der Waals surface area contributed by atoms with Crippen molar-refractivity contribution < 1.29 is 0 Å². The van der Waals surface area contributed by atoms with E-state index in [0.717, 1.165) is 5.54 Å². The summed E-state index contributed by atoms with van der Waals surface area (Å²) in [7, 11) is 1.37. The summed E-state index contributed by atoms with van der Waals surface area (Å²) in [5.74, 6) is 0. The van der Waals surface area contributed by atoms with Gasteiger partial charge in [0.05, 0.1) is 0 Å². The smallest absolute Gasteiger partial charge is 0.00637 e. The fourth-order valence-corrected chi connectivity index (χ4v) is 1.60. The van der Waals surface area contributed by atoms with E-state index in [-0.39, 0.29) is 0 Å². The number of hydrogen-bond donors (Lipinski definition) is 0. The molecule has 0 aliphatic heterocycles. The lowest BCUT2D eigenvalue weighted by Gasteiger charge is -2.02. The maximum atomic E-state index is 3.71. The molecule has 0 aromatic rings. The van der Waals surface area contributed by atoms with E-state index in [0.29, 0.717) is 0 Å². The van der Waals surface area contributed by atoms with Crippen molar-refractivity contribution in [2.24, 2.45) is 0 Å². The summed E-state index contributed by atoms with van der Waals surface area (Å²) >= 11 is 0. The van der Waals surface area contributed by atoms with Crippen LogP contribution in [0, 0.1) is 0 Å². The van der Waals surface area contributed by atoms with E-state index >= 15 is 0 Å². The van der Waals surface area contributed by atoms with Crippen LogP contribution in [0.3, 0.4) is 0 Å². The van der Waals surface area contributed by atoms with Crippen molar-refractivity contribution in [2.45, 2.75) is 51.0 Å². The summed E-state index contributed by atoms with van der Waals surface area (Å²) in [5.41, 5.74) is 1.02. The lowest BCUT2D eigenvalue weighted by atomic mass is 10.1. The lowest BCUT2D eigenvalue weighted by Crippen LogP contribution is -1.85. The summed E-state index contributed by atoms with van der Waals surface area (Å²) in [5, 5.41) is 0. The Hall–Kier alpha value is -0.0431. The lowest BCUT2D eigenvalue weighted by molar-refractivity contribution is 0.611. The highest BCUT2D eigenvalue weighted by molar-refractivity contribution is 6.11. The largest absolute Gasteiger partial charge is 0.103 e. The SMILES string of the molecule is C=CCCCCCCC(C)[SiH3]. The molecule has 0 aliphatic rings. The molecule has 0 amide bonds. The van der Waals surface area contributed by atoms with Crippen molar-refractivity contribution in [3.8, 4) is 0 Å². The Balaban J connectivity index is 2.85. The molecule has 0 radical (unpaired) electrons. The van der Waals surface area contributed by atoms with E-state index in [2.05, 4.69) is 13.5 Å². The number of allylic oxidation sites excluding steroid dienone is 1. The summed E-state index contributed by atoms with van der Waals surface area (Å²) in [6.07, 6.45) is 10.3. The molecule has 66 valence electrons. The molecule has 0 saturated heterocycles. The highest BCUT2D eigenvalue weighted by Gasteiger charge is 1.93. The third kappa shape index (κ3) is 9.96. The first-order chi connectivity index (χ1) is 5.27. The van der Waals surface area contributed by atoms with Crippen LogP contribution in [0.15, 0.2) is 12.7 Å². The maximum Gasteiger partial charge on any atom is 0.00637 e. The van der Waals surface area contributed by atoms with E-state index in [1.54, 1.807) is 0 Å². The van der Waals surface area contributed by atoms with E-state index in [4.69, 9.17) is 0 Å². The van der Waals surface area contributed by atoms with Gasteiger partial charge in [0.25, 0.3) is 0 Å². The van der Waals surface area contributed by atoms with Gasteiger partial charge in [-0.2, -0.15) is 0 Å². The molecular weight excluding hydrogens is 148 g/mol. The van der Waals surface area contributed by atoms with Crippen molar-refractivity contribution in [1.29, 1.82) is 0 Å². The van der Waals surface area contributed by atoms with Crippen LogP contribution in [-0.4, -0.2) is 10.2 Å². The average molecular weight is 170 g/mol. The van der Waals surface area contributed by atoms with Gasteiger partial charge in [-0.1, -0.05) is 44.2 Å². The minimum absolute atomic E-state index is 1.02. The molecule has 0 aliphatic carbocycles. The molecule has 0 fully saturated rings. The topological polar surface area (TPSA) is 0 Å². The molecule has 1 heteroatoms. The molecule has 0 bridgehead atoms. The monoisotopic (exact) mass is 170 g/mol. The summed E-state index contributed by atoms with van der Waals surface area (Å²) in [6.45, 7) is 6.07. The molecule has 0 nitrogen and oxygen atoms in total. The van der Waals surface area contributed by atoms with Crippen LogP contribution >= 0.6 is 0 Å². The van der Waals surface area contributed by atoms with Crippen molar-refractivity contribution in [3.63, 3.8) is 0 Å². The molecule has 11 heavy (non-hydrogen) atoms. The highest BCUT2D eigenvalue weighted by atomic mass is 28.1. The van der Waals surface area contributed by atoms with Gasteiger partial charge in [0.2, 0.25) is 0 Å². The van der Waals surface area contributed by atoms with Gasteiger partial charge in [-0.3, -0.25) is 0 Å². The first-order valence-corrected chi connectivity index (χ1v) is 6.03. The van der Waals surface area contributed by atoms with Crippen molar-refractivity contribution in [3.05, 3.63) is 12.7 Å². The third-order valence-corrected chi connectivity index (χ3v) is 2.52. The Morgan fingerprint density at radius 3 is 2.45 bits per heavy atom. The maximum absolute atomic E-state index is 3.71. The number of hydrogen-bond acceptors (Lipinski definition) is 0. The summed E-state index contributed by atoms with van der Waals surface area (Å²) in [4.78, 5) is 0. The minimum Gasteiger partial charge on any atom is -0.103 e. The van der Waals surface area contributed by atoms with Crippen LogP contribution in [0.25, 0.3) is 0 Å². The van der Waals surface area contributed by atoms with Gasteiger partial charge in [0.1, 0.15) is 0 Å². The molecule has 0 N–H and O–H groups in total. The van der Waals surface area contributed by atoms with Crippen molar-refractivity contribution in [2.75, 3.05) is 0 Å². The van der Waals surface area contributed by atoms with E-state index < -0.39 is 0 Å². The quantitative estimate of drug-likeness (QED) is 0.313. The van der Waals surface area contributed by atoms with E-state index in [1.165, 1.54) is 48.8 Å². The second kappa shape index (κ2) is 8.06. The minimum atomic E-state index is 1.02. The third-order valence-electron chi connectivity index (χ3n) is 1.94. The fourth-order valence-electron chi connectivity index (χ4n) is 1.19. The van der Waals surface area contributed by atoms with Gasteiger partial charge in [0.15, 0.2) is 0 Å². The first kappa shape index (κ1) is 11.0. The first-order valence-electron chi connectivity index (χ1n) is 4.88. The molecule has 0 aromatic heterocycles. The van der Waals surface area contributed by atoms with Crippen LogP contribution in [0.1, 0.15) is 45.4 Å². The Bertz CT molecular complexity index is 86.9. The van der Waals surface area contributed by atoms with Crippen LogP contribution in [0.2, 0.25) is 5.54 Å². The molecule has 0 saturated carbocycles. The zero-order valence-electron chi connectivity index (χ0n) is 8.10. The van der Waals surface area contributed by atoms with Crippen LogP contribution in [0.4, 0.5) is 0 Å². The van der Waals surface area contributed by atoms with Gasteiger partial charge in [-0.05, 0) is 12.8 Å². The van der Waals surface area contributed by atoms with Crippen molar-refractivity contribution >= 4 is 10.2 Å². The zero-order chi connectivity index (χ0) is 8.53. The van der Waals surface area contributed by atoms with Gasteiger partial charge in [0, 0.05) is 10.2 Å². The predicted octanol–water partition coefficient (Wildman–Crippen LogP) is 2.69. The Morgan fingerprint density at radius 2 is 1.91 bits per heavy atom. The second-order valence-electron chi connectivity index (χ2n) is 3.67. The average Bonchev–Trinajstić information content (AvgIpc) is 1.96. The van der Waals surface area contributed by atoms with Crippen LogP contribution < -0.4 is 0 Å². The highest BCUT2D eigenvalue weighted by Crippen LogP contribution is 2.11. The second-order valence-corrected chi connectivity index (χ2v) is 5.65. The molecule has 1 atom stereocenters. The normalized spacial score (nSPS) is 13.2. The van der Waals surface area contributed by atoms with Crippen LogP contribution in [-0.2, 0) is 0 Å². The number of rotatable bonds is 7. The molecular formula is C10H22Si. The molecule has 1 unspecified atom stereocenters. The molecule has 0 spiro atoms. The van der Waals surface area contributed by atoms with Crippen molar-refractivity contribution in [1.82, 2.24) is 0 Å². The van der Waals surface area contributed by atoms with Gasteiger partial charge in [-0.25, -0.2) is 0 Å². The Morgan fingerprint density at radius 1 is 1.27 bits per heavy atom. The molecule has 0 heterocycles. The number of unbranched alkanes of at least 4 members (excludes halogenated alkanes) is 4. The molecule has 0 rings (SSSR count). The van der Waals surface area contributed by atoms with Crippen LogP contribution in [0.5, 0.6) is 0 Å². The Kier molecular flexibility index (Phi) is 8.03. The predicted molar refractivity (Wildman–Crippen MR) is 57.3 cm³/mol. The van der Waals surface area contributed by atoms with E-state index in [9.17, 15) is 0 Å². The summed E-state index contributed by atoms with van der Waals surface area (Å²) < 4.78 is 0. The van der Waals surface area contributed by atoms with E-state index in [1.807, 2.05) is 6.08 Å². The zero-order valence-corrected chi connectivity index (χ0v) is 10.1. The fraction of sp³-hybridized carbons (Fsp3) is 0.800. The Labute approximate surface area is 74.5 Å². The standard InChI is InChI=1S/C10H22Si/c1-3-4-5-6-7-8-9-10(2)11/h3,10H,1,4-9H2,2,11H3.